The fourth-order valence-electron chi connectivity index (χ4n) is 2.88. The van der Waals surface area contributed by atoms with Crippen molar-refractivity contribution in [2.75, 3.05) is 28.5 Å². The van der Waals surface area contributed by atoms with Crippen LogP contribution in [0.3, 0.4) is 0 Å². The SMILES string of the molecule is CCS(=O)(=O)Nc1ccc(-c2ccc(F)cc2N2CCCCC2)nn1. The number of nitrogens with zero attached hydrogens (tertiary/aromatic N) is 3. The van der Waals surface area contributed by atoms with Crippen LogP contribution in [0.1, 0.15) is 26.2 Å². The molecule has 134 valence electrons. The Morgan fingerprint density at radius 3 is 2.52 bits per heavy atom. The van der Waals surface area contributed by atoms with E-state index in [4.69, 9.17) is 0 Å². The van der Waals surface area contributed by atoms with E-state index in [1.54, 1.807) is 25.1 Å². The zero-order valence-corrected chi connectivity index (χ0v) is 14.9. The zero-order chi connectivity index (χ0) is 17.9. The maximum Gasteiger partial charge on any atom is 0.233 e. The minimum atomic E-state index is -3.39. The van der Waals surface area contributed by atoms with Crippen LogP contribution >= 0.6 is 0 Å². The topological polar surface area (TPSA) is 75.2 Å². The Balaban J connectivity index is 1.91. The summed E-state index contributed by atoms with van der Waals surface area (Å²) in [5.41, 5.74) is 2.18. The summed E-state index contributed by atoms with van der Waals surface area (Å²) in [5, 5.41) is 8.07. The largest absolute Gasteiger partial charge is 0.371 e. The highest BCUT2D eigenvalue weighted by Crippen LogP contribution is 2.32. The van der Waals surface area contributed by atoms with E-state index in [0.717, 1.165) is 37.2 Å². The second-order valence-corrected chi connectivity index (χ2v) is 8.03. The number of anilines is 2. The number of nitrogens with one attached hydrogen (secondary N) is 1. The highest BCUT2D eigenvalue weighted by Gasteiger charge is 2.17. The van der Waals surface area contributed by atoms with E-state index in [1.807, 2.05) is 0 Å². The molecule has 0 amide bonds. The van der Waals surface area contributed by atoms with Gasteiger partial charge in [-0.3, -0.25) is 4.72 Å². The highest BCUT2D eigenvalue weighted by molar-refractivity contribution is 7.92. The second kappa shape index (κ2) is 7.35. The molecule has 1 N–H and O–H groups in total. The van der Waals surface area contributed by atoms with Gasteiger partial charge in [-0.1, -0.05) is 0 Å². The van der Waals surface area contributed by atoms with Crippen molar-refractivity contribution >= 4 is 21.5 Å². The van der Waals surface area contributed by atoms with Gasteiger partial charge >= 0.3 is 0 Å². The molecule has 0 unspecified atom stereocenters. The number of sulfonamides is 1. The summed E-state index contributed by atoms with van der Waals surface area (Å²) in [6, 6.07) is 7.88. The van der Waals surface area contributed by atoms with Gasteiger partial charge in [-0.2, -0.15) is 0 Å². The maximum atomic E-state index is 13.8. The van der Waals surface area contributed by atoms with Crippen molar-refractivity contribution in [2.24, 2.45) is 0 Å². The predicted molar refractivity (Wildman–Crippen MR) is 96.6 cm³/mol. The number of hydrogen-bond acceptors (Lipinski definition) is 5. The van der Waals surface area contributed by atoms with E-state index in [9.17, 15) is 12.8 Å². The average molecular weight is 364 g/mol. The quantitative estimate of drug-likeness (QED) is 0.883. The molecule has 1 aromatic heterocycles. The Kier molecular flexibility index (Phi) is 5.17. The molecular formula is C17H21FN4O2S. The van der Waals surface area contributed by atoms with Crippen molar-refractivity contribution in [1.82, 2.24) is 10.2 Å². The molecule has 0 aliphatic carbocycles. The Morgan fingerprint density at radius 1 is 1.12 bits per heavy atom. The van der Waals surface area contributed by atoms with Crippen molar-refractivity contribution in [2.45, 2.75) is 26.2 Å². The zero-order valence-electron chi connectivity index (χ0n) is 14.1. The summed E-state index contributed by atoms with van der Waals surface area (Å²) in [7, 11) is -3.39. The van der Waals surface area contributed by atoms with Crippen molar-refractivity contribution < 1.29 is 12.8 Å². The molecule has 0 spiro atoms. The molecule has 6 nitrogen and oxygen atoms in total. The van der Waals surface area contributed by atoms with Crippen molar-refractivity contribution in [3.63, 3.8) is 0 Å². The lowest BCUT2D eigenvalue weighted by atomic mass is 10.0. The van der Waals surface area contributed by atoms with Gasteiger partial charge in [0, 0.05) is 24.3 Å². The van der Waals surface area contributed by atoms with Gasteiger partial charge < -0.3 is 4.90 Å². The Hall–Kier alpha value is -2.22. The van der Waals surface area contributed by atoms with E-state index in [0.29, 0.717) is 5.69 Å². The van der Waals surface area contributed by atoms with Gasteiger partial charge in [0.05, 0.1) is 11.4 Å². The number of hydrogen-bond donors (Lipinski definition) is 1. The molecule has 1 aliphatic heterocycles. The normalized spacial score (nSPS) is 15.2. The summed E-state index contributed by atoms with van der Waals surface area (Å²) in [4.78, 5) is 2.16. The fourth-order valence-corrected chi connectivity index (χ4v) is 3.45. The van der Waals surface area contributed by atoms with E-state index in [2.05, 4.69) is 19.8 Å². The molecule has 25 heavy (non-hydrogen) atoms. The van der Waals surface area contributed by atoms with Crippen molar-refractivity contribution in [3.8, 4) is 11.3 Å². The van der Waals surface area contributed by atoms with Gasteiger partial charge in [-0.25, -0.2) is 12.8 Å². The summed E-state index contributed by atoms with van der Waals surface area (Å²) in [6.45, 7) is 3.32. The monoisotopic (exact) mass is 364 g/mol. The molecule has 2 aromatic rings. The van der Waals surface area contributed by atoms with Gasteiger partial charge in [-0.15, -0.1) is 10.2 Å². The first-order chi connectivity index (χ1) is 12.0. The molecule has 1 saturated heterocycles. The summed E-state index contributed by atoms with van der Waals surface area (Å²) in [5.74, 6) is -0.148. The van der Waals surface area contributed by atoms with Gasteiger partial charge in [0.2, 0.25) is 10.0 Å². The molecule has 1 aliphatic rings. The molecular weight excluding hydrogens is 343 g/mol. The second-order valence-electron chi connectivity index (χ2n) is 6.02. The van der Waals surface area contributed by atoms with Crippen LogP contribution in [0.25, 0.3) is 11.3 Å². The van der Waals surface area contributed by atoms with Crippen LogP contribution in [0, 0.1) is 5.82 Å². The summed E-state index contributed by atoms with van der Waals surface area (Å²) in [6.07, 6.45) is 3.35. The number of halogens is 1. The molecule has 2 heterocycles. The summed E-state index contributed by atoms with van der Waals surface area (Å²) >= 11 is 0. The van der Waals surface area contributed by atoms with Crippen LogP contribution < -0.4 is 9.62 Å². The van der Waals surface area contributed by atoms with E-state index >= 15 is 0 Å². The highest BCUT2D eigenvalue weighted by atomic mass is 32.2. The minimum Gasteiger partial charge on any atom is -0.371 e. The lowest BCUT2D eigenvalue weighted by Crippen LogP contribution is -2.30. The lowest BCUT2D eigenvalue weighted by Gasteiger charge is -2.30. The van der Waals surface area contributed by atoms with Crippen LogP contribution in [-0.2, 0) is 10.0 Å². The third-order valence-electron chi connectivity index (χ3n) is 4.24. The molecule has 8 heteroatoms. The molecule has 0 bridgehead atoms. The van der Waals surface area contributed by atoms with Crippen LogP contribution in [-0.4, -0.2) is 37.5 Å². The molecule has 3 rings (SSSR count). The lowest BCUT2D eigenvalue weighted by molar-refractivity contribution is 0.574. The first-order valence-electron chi connectivity index (χ1n) is 8.37. The summed E-state index contributed by atoms with van der Waals surface area (Å²) < 4.78 is 39.3. The predicted octanol–water partition coefficient (Wildman–Crippen LogP) is 3.03. The van der Waals surface area contributed by atoms with Crippen LogP contribution in [0.2, 0.25) is 0 Å². The van der Waals surface area contributed by atoms with Crippen LogP contribution in [0.4, 0.5) is 15.9 Å². The third kappa shape index (κ3) is 4.25. The minimum absolute atomic E-state index is 0.0342. The van der Waals surface area contributed by atoms with Crippen LogP contribution in [0.15, 0.2) is 30.3 Å². The third-order valence-corrected chi connectivity index (χ3v) is 5.52. The average Bonchev–Trinajstić information content (AvgIpc) is 2.63. The van der Waals surface area contributed by atoms with Gasteiger partial charge in [0.25, 0.3) is 0 Å². The Morgan fingerprint density at radius 2 is 1.88 bits per heavy atom. The van der Waals surface area contributed by atoms with Gasteiger partial charge in [0.15, 0.2) is 5.82 Å². The Bertz CT molecular complexity index is 834. The molecule has 1 aromatic carbocycles. The number of rotatable bonds is 5. The smallest absolute Gasteiger partial charge is 0.233 e. The van der Waals surface area contributed by atoms with Gasteiger partial charge in [0.1, 0.15) is 5.82 Å². The Labute approximate surface area is 147 Å². The van der Waals surface area contributed by atoms with Crippen LogP contribution in [0.5, 0.6) is 0 Å². The maximum absolute atomic E-state index is 13.8. The number of benzene rings is 1. The molecule has 0 radical (unpaired) electrons. The van der Waals surface area contributed by atoms with Crippen molar-refractivity contribution in [1.29, 1.82) is 0 Å². The van der Waals surface area contributed by atoms with E-state index in [-0.39, 0.29) is 17.4 Å². The number of piperidine rings is 1. The number of aromatic nitrogens is 2. The van der Waals surface area contributed by atoms with E-state index < -0.39 is 10.0 Å². The standard InChI is InChI=1S/C17H21FN4O2S/c1-2-25(23,24)21-17-9-8-15(19-20-17)14-7-6-13(18)12-16(14)22-10-4-3-5-11-22/h6-9,12H,2-5,10-11H2,1H3,(H,20,21). The van der Waals surface area contributed by atoms with E-state index in [1.165, 1.54) is 18.6 Å². The fraction of sp³-hybridized carbons (Fsp3) is 0.412. The molecule has 0 saturated carbocycles. The first kappa shape index (κ1) is 17.6. The first-order valence-corrected chi connectivity index (χ1v) is 10.0. The van der Waals surface area contributed by atoms with Crippen molar-refractivity contribution in [3.05, 3.63) is 36.1 Å². The molecule has 0 atom stereocenters. The molecule has 1 fully saturated rings. The van der Waals surface area contributed by atoms with Gasteiger partial charge in [-0.05, 0) is 56.5 Å².